The molecule has 0 radical (unpaired) electrons. The van der Waals surface area contributed by atoms with Crippen molar-refractivity contribution >= 4 is 17.7 Å². The minimum absolute atomic E-state index is 0.0366. The highest BCUT2D eigenvalue weighted by molar-refractivity contribution is 8.00. The number of nitrogens with zero attached hydrogens (tertiary/aromatic N) is 3. The number of alkyl halides is 3. The fourth-order valence-electron chi connectivity index (χ4n) is 4.62. The van der Waals surface area contributed by atoms with Crippen LogP contribution in [-0.2, 0) is 37.2 Å². The molecule has 12 heteroatoms. The van der Waals surface area contributed by atoms with Gasteiger partial charge in [0.05, 0.1) is 18.9 Å². The van der Waals surface area contributed by atoms with E-state index in [9.17, 15) is 27.5 Å². The number of hydrogen-bond donors (Lipinski definition) is 2. The molecule has 0 amide bonds. The summed E-state index contributed by atoms with van der Waals surface area (Å²) in [6, 6.07) is 12.4. The molecule has 0 aliphatic carbocycles. The molecule has 2 N–H and O–H groups in total. The van der Waals surface area contributed by atoms with E-state index in [1.54, 1.807) is 25.1 Å². The van der Waals surface area contributed by atoms with Crippen LogP contribution in [0.1, 0.15) is 45.4 Å². The second-order valence-electron chi connectivity index (χ2n) is 9.80. The lowest BCUT2D eigenvalue weighted by molar-refractivity contribution is -0.153. The van der Waals surface area contributed by atoms with E-state index in [1.807, 2.05) is 30.9 Å². The van der Waals surface area contributed by atoms with Crippen LogP contribution in [0.25, 0.3) is 11.1 Å². The van der Waals surface area contributed by atoms with Gasteiger partial charge in [-0.25, -0.2) is 14.4 Å². The monoisotopic (exact) mass is 603 g/mol. The fraction of sp³-hybridized carbons (Fsp3) is 0.300. The van der Waals surface area contributed by atoms with Gasteiger partial charge >= 0.3 is 12.1 Å². The molecule has 0 atom stereocenters. The number of halogens is 4. The average molecular weight is 604 g/mol. The van der Waals surface area contributed by atoms with E-state index in [0.717, 1.165) is 40.3 Å². The van der Waals surface area contributed by atoms with Gasteiger partial charge in [-0.3, -0.25) is 9.69 Å². The molecule has 2 aromatic carbocycles. The largest absolute Gasteiger partial charge is 0.481 e. The standard InChI is InChI=1S/C30H29F4N3O4S/c1-17-24(18(2)36-19(3)35-17)14-37(13-23-8-9-28(41-23)30(32,33)34)12-20-4-6-21(7-5-20)22-10-26(31)25(15-38)27(11-22)42-16-29(39)40/h4-11,38H,12-16H2,1-3H3,(H,39,40). The summed E-state index contributed by atoms with van der Waals surface area (Å²) in [5.74, 6) is -2.25. The van der Waals surface area contributed by atoms with Crippen molar-refractivity contribution in [1.82, 2.24) is 14.9 Å². The fourth-order valence-corrected chi connectivity index (χ4v) is 5.45. The third kappa shape index (κ3) is 7.75. The van der Waals surface area contributed by atoms with Crippen LogP contribution < -0.4 is 0 Å². The first-order valence-corrected chi connectivity index (χ1v) is 13.9. The number of aliphatic hydroxyl groups excluding tert-OH is 1. The quantitative estimate of drug-likeness (QED) is 0.145. The Kier molecular flexibility index (Phi) is 9.70. The van der Waals surface area contributed by atoms with Gasteiger partial charge < -0.3 is 14.6 Å². The van der Waals surface area contributed by atoms with Crippen LogP contribution in [0.4, 0.5) is 17.6 Å². The molecular weight excluding hydrogens is 574 g/mol. The highest BCUT2D eigenvalue weighted by Crippen LogP contribution is 2.33. The number of aromatic nitrogens is 2. The van der Waals surface area contributed by atoms with E-state index in [0.29, 0.717) is 34.9 Å². The molecule has 0 unspecified atom stereocenters. The van der Waals surface area contributed by atoms with Crippen LogP contribution >= 0.6 is 11.8 Å². The molecule has 0 saturated heterocycles. The maximum absolute atomic E-state index is 14.7. The van der Waals surface area contributed by atoms with E-state index in [-0.39, 0.29) is 23.6 Å². The Morgan fingerprint density at radius 2 is 1.60 bits per heavy atom. The maximum atomic E-state index is 14.7. The lowest BCUT2D eigenvalue weighted by atomic mass is 10.0. The Labute approximate surface area is 244 Å². The second-order valence-corrected chi connectivity index (χ2v) is 10.8. The van der Waals surface area contributed by atoms with Gasteiger partial charge in [0.15, 0.2) is 0 Å². The Morgan fingerprint density at radius 1 is 0.929 bits per heavy atom. The van der Waals surface area contributed by atoms with Gasteiger partial charge in [0, 0.05) is 40.5 Å². The number of carboxylic acids is 1. The van der Waals surface area contributed by atoms with Crippen molar-refractivity contribution in [2.45, 2.75) is 58.1 Å². The van der Waals surface area contributed by atoms with Crippen molar-refractivity contribution in [3.63, 3.8) is 0 Å². The number of aryl methyl sites for hydroxylation is 3. The van der Waals surface area contributed by atoms with Crippen LogP contribution in [-0.4, -0.2) is 36.8 Å². The molecule has 0 fully saturated rings. The van der Waals surface area contributed by atoms with E-state index in [2.05, 4.69) is 9.97 Å². The molecule has 0 saturated carbocycles. The van der Waals surface area contributed by atoms with Gasteiger partial charge in [0.1, 0.15) is 17.4 Å². The first-order chi connectivity index (χ1) is 19.8. The molecule has 2 heterocycles. The number of carboxylic acid groups (broad SMARTS) is 1. The van der Waals surface area contributed by atoms with Crippen molar-refractivity contribution in [1.29, 1.82) is 0 Å². The number of hydrogen-bond acceptors (Lipinski definition) is 7. The van der Waals surface area contributed by atoms with Crippen LogP contribution in [0.3, 0.4) is 0 Å². The summed E-state index contributed by atoms with van der Waals surface area (Å²) < 4.78 is 59.2. The minimum Gasteiger partial charge on any atom is -0.481 e. The second kappa shape index (κ2) is 13.1. The van der Waals surface area contributed by atoms with Gasteiger partial charge in [-0.05, 0) is 61.7 Å². The summed E-state index contributed by atoms with van der Waals surface area (Å²) in [5.41, 5.74) is 4.49. The third-order valence-electron chi connectivity index (χ3n) is 6.59. The topological polar surface area (TPSA) is 99.7 Å². The highest BCUT2D eigenvalue weighted by Gasteiger charge is 2.35. The first kappa shape index (κ1) is 31.2. The summed E-state index contributed by atoms with van der Waals surface area (Å²) in [6.45, 7) is 5.77. The predicted molar refractivity (Wildman–Crippen MR) is 149 cm³/mol. The van der Waals surface area contributed by atoms with Gasteiger partial charge in [0.25, 0.3) is 0 Å². The highest BCUT2D eigenvalue weighted by atomic mass is 32.2. The van der Waals surface area contributed by atoms with Crippen LogP contribution in [0.15, 0.2) is 57.8 Å². The SMILES string of the molecule is Cc1nc(C)c(CN(Cc2ccc(-c3cc(F)c(CO)c(SCC(=O)O)c3)cc2)Cc2ccc(C(F)(F)F)o2)c(C)n1. The first-order valence-electron chi connectivity index (χ1n) is 12.9. The lowest BCUT2D eigenvalue weighted by Gasteiger charge is -2.23. The molecule has 7 nitrogen and oxygen atoms in total. The minimum atomic E-state index is -4.59. The summed E-state index contributed by atoms with van der Waals surface area (Å²) in [4.78, 5) is 22.2. The molecule has 0 aliphatic rings. The number of rotatable bonds is 11. The zero-order valence-corrected chi connectivity index (χ0v) is 23.9. The van der Waals surface area contributed by atoms with Crippen LogP contribution in [0.5, 0.6) is 0 Å². The van der Waals surface area contributed by atoms with Crippen molar-refractivity contribution in [2.75, 3.05) is 5.75 Å². The molecular formula is C30H29F4N3O4S. The molecule has 0 bridgehead atoms. The molecule has 0 aliphatic heterocycles. The predicted octanol–water partition coefficient (Wildman–Crippen LogP) is 6.69. The summed E-state index contributed by atoms with van der Waals surface area (Å²) in [5, 5.41) is 18.6. The van der Waals surface area contributed by atoms with Crippen molar-refractivity contribution in [3.05, 3.63) is 99.8 Å². The van der Waals surface area contributed by atoms with E-state index in [1.165, 1.54) is 12.1 Å². The molecule has 0 spiro atoms. The summed E-state index contributed by atoms with van der Waals surface area (Å²) >= 11 is 0.927. The number of aliphatic hydroxyl groups is 1. The zero-order valence-electron chi connectivity index (χ0n) is 23.1. The Balaban J connectivity index is 1.60. The summed E-state index contributed by atoms with van der Waals surface area (Å²) in [7, 11) is 0. The third-order valence-corrected chi connectivity index (χ3v) is 7.66. The van der Waals surface area contributed by atoms with Crippen LogP contribution in [0, 0.1) is 26.6 Å². The Bertz CT molecular complexity index is 1550. The lowest BCUT2D eigenvalue weighted by Crippen LogP contribution is -2.24. The molecule has 2 aromatic heterocycles. The average Bonchev–Trinajstić information content (AvgIpc) is 3.39. The number of aliphatic carboxylic acids is 1. The van der Waals surface area contributed by atoms with Gasteiger partial charge in [-0.15, -0.1) is 11.8 Å². The van der Waals surface area contributed by atoms with E-state index < -0.39 is 30.3 Å². The van der Waals surface area contributed by atoms with E-state index >= 15 is 0 Å². The summed E-state index contributed by atoms with van der Waals surface area (Å²) in [6.07, 6.45) is -4.59. The number of furan rings is 1. The van der Waals surface area contributed by atoms with Crippen molar-refractivity contribution in [3.8, 4) is 11.1 Å². The van der Waals surface area contributed by atoms with Gasteiger partial charge in [-0.1, -0.05) is 24.3 Å². The van der Waals surface area contributed by atoms with Crippen LogP contribution in [0.2, 0.25) is 0 Å². The normalized spacial score (nSPS) is 11.8. The number of thioether (sulfide) groups is 1. The molecule has 4 aromatic rings. The van der Waals surface area contributed by atoms with Gasteiger partial charge in [-0.2, -0.15) is 13.2 Å². The number of carbonyl (C=O) groups is 1. The smallest absolute Gasteiger partial charge is 0.449 e. The Hall–Kier alpha value is -3.74. The van der Waals surface area contributed by atoms with Crippen molar-refractivity contribution in [2.24, 2.45) is 0 Å². The molecule has 222 valence electrons. The van der Waals surface area contributed by atoms with Crippen molar-refractivity contribution < 1.29 is 37.0 Å². The molecule has 42 heavy (non-hydrogen) atoms. The Morgan fingerprint density at radius 3 is 2.17 bits per heavy atom. The zero-order chi connectivity index (χ0) is 30.6. The van der Waals surface area contributed by atoms with Gasteiger partial charge in [0.2, 0.25) is 5.76 Å². The number of benzene rings is 2. The molecule has 4 rings (SSSR count). The maximum Gasteiger partial charge on any atom is 0.449 e. The van der Waals surface area contributed by atoms with E-state index in [4.69, 9.17) is 9.52 Å².